The van der Waals surface area contributed by atoms with Crippen molar-refractivity contribution >= 4 is 44.2 Å². The number of nitrogens with zero attached hydrogens (tertiary/aromatic N) is 1. The molecule has 21 heavy (non-hydrogen) atoms. The molecule has 0 unspecified atom stereocenters. The molecule has 2 heterocycles. The second-order valence-electron chi connectivity index (χ2n) is 4.02. The monoisotopic (exact) mass is 372 g/mol. The van der Waals surface area contributed by atoms with Gasteiger partial charge in [0.05, 0.1) is 12.1 Å². The second kappa shape index (κ2) is 7.34. The molecule has 2 aromatic rings. The number of anilines is 1. The van der Waals surface area contributed by atoms with Crippen LogP contribution in [0.3, 0.4) is 0 Å². The lowest BCUT2D eigenvalue weighted by atomic mass is 10.3. The summed E-state index contributed by atoms with van der Waals surface area (Å²) >= 11 is 4.37. The molecule has 0 aliphatic heterocycles. The van der Waals surface area contributed by atoms with Gasteiger partial charge in [0.25, 0.3) is 5.91 Å². The van der Waals surface area contributed by atoms with Crippen LogP contribution in [0.15, 0.2) is 26.6 Å². The predicted octanol–water partition coefficient (Wildman–Crippen LogP) is 1.37. The van der Waals surface area contributed by atoms with Crippen LogP contribution < -0.4 is 16.4 Å². The van der Waals surface area contributed by atoms with Crippen LogP contribution in [0.5, 0.6) is 0 Å². The Labute approximate surface area is 133 Å². The van der Waals surface area contributed by atoms with E-state index in [0.29, 0.717) is 28.6 Å². The zero-order valence-corrected chi connectivity index (χ0v) is 13.3. The summed E-state index contributed by atoms with van der Waals surface area (Å²) in [6.45, 7) is 0.822. The van der Waals surface area contributed by atoms with E-state index in [0.717, 1.165) is 0 Å². The van der Waals surface area contributed by atoms with Crippen molar-refractivity contribution in [2.75, 3.05) is 18.4 Å². The Balaban J connectivity index is 1.91. The topological polar surface area (TPSA) is 110 Å². The first-order chi connectivity index (χ1) is 10.1. The minimum absolute atomic E-state index is 0.151. The summed E-state index contributed by atoms with van der Waals surface area (Å²) in [5.41, 5.74) is 5.89. The molecule has 0 atom stereocenters. The Morgan fingerprint density at radius 2 is 2.24 bits per heavy atom. The first-order valence-corrected chi connectivity index (χ1v) is 7.73. The van der Waals surface area contributed by atoms with Gasteiger partial charge in [-0.05, 0) is 28.1 Å². The van der Waals surface area contributed by atoms with Crippen molar-refractivity contribution in [2.45, 2.75) is 6.42 Å². The SMILES string of the molecule is NCCNC(=O)Cc1csc(NC(=O)c2ccc(Br)o2)n1. The van der Waals surface area contributed by atoms with Gasteiger partial charge < -0.3 is 15.5 Å². The van der Waals surface area contributed by atoms with Gasteiger partial charge in [0.2, 0.25) is 5.91 Å². The summed E-state index contributed by atoms with van der Waals surface area (Å²) < 4.78 is 5.61. The van der Waals surface area contributed by atoms with Gasteiger partial charge in [0.15, 0.2) is 15.6 Å². The van der Waals surface area contributed by atoms with Gasteiger partial charge >= 0.3 is 0 Å². The van der Waals surface area contributed by atoms with E-state index in [2.05, 4.69) is 31.5 Å². The van der Waals surface area contributed by atoms with E-state index in [1.54, 1.807) is 17.5 Å². The highest BCUT2D eigenvalue weighted by atomic mass is 79.9. The molecule has 112 valence electrons. The van der Waals surface area contributed by atoms with Crippen molar-refractivity contribution in [3.8, 4) is 0 Å². The maximum atomic E-state index is 11.8. The van der Waals surface area contributed by atoms with Gasteiger partial charge in [0, 0.05) is 18.5 Å². The zero-order valence-electron chi connectivity index (χ0n) is 10.9. The summed E-state index contributed by atoms with van der Waals surface area (Å²) in [6, 6.07) is 3.18. The van der Waals surface area contributed by atoms with Gasteiger partial charge in [-0.25, -0.2) is 4.98 Å². The molecule has 0 saturated heterocycles. The van der Waals surface area contributed by atoms with Crippen LogP contribution in [0.25, 0.3) is 0 Å². The highest BCUT2D eigenvalue weighted by Gasteiger charge is 2.13. The number of nitrogens with one attached hydrogen (secondary N) is 2. The zero-order chi connectivity index (χ0) is 15.2. The molecule has 7 nitrogen and oxygen atoms in total. The lowest BCUT2D eigenvalue weighted by Gasteiger charge is -2.00. The molecule has 2 aromatic heterocycles. The molecule has 0 spiro atoms. The van der Waals surface area contributed by atoms with Crippen LogP contribution in [0.1, 0.15) is 16.2 Å². The average Bonchev–Trinajstić information content (AvgIpc) is 3.06. The Morgan fingerprint density at radius 1 is 1.43 bits per heavy atom. The van der Waals surface area contributed by atoms with Crippen LogP contribution in [0.2, 0.25) is 0 Å². The molecular formula is C12H13BrN4O3S. The van der Waals surface area contributed by atoms with Crippen molar-refractivity contribution in [3.63, 3.8) is 0 Å². The maximum absolute atomic E-state index is 11.8. The third-order valence-corrected chi connectivity index (χ3v) is 3.61. The van der Waals surface area contributed by atoms with Crippen LogP contribution in [0, 0.1) is 0 Å². The molecule has 4 N–H and O–H groups in total. The molecule has 9 heteroatoms. The first-order valence-electron chi connectivity index (χ1n) is 6.06. The number of nitrogens with two attached hydrogens (primary N) is 1. The van der Waals surface area contributed by atoms with Crippen molar-refractivity contribution in [1.29, 1.82) is 0 Å². The quantitative estimate of drug-likeness (QED) is 0.708. The van der Waals surface area contributed by atoms with E-state index < -0.39 is 5.91 Å². The number of hydrogen-bond acceptors (Lipinski definition) is 6. The molecular weight excluding hydrogens is 360 g/mol. The van der Waals surface area contributed by atoms with E-state index >= 15 is 0 Å². The molecule has 0 bridgehead atoms. The summed E-state index contributed by atoms with van der Waals surface area (Å²) in [7, 11) is 0. The van der Waals surface area contributed by atoms with Gasteiger partial charge in [0.1, 0.15) is 0 Å². The minimum atomic E-state index is -0.394. The average molecular weight is 373 g/mol. The summed E-state index contributed by atoms with van der Waals surface area (Å²) in [5, 5.41) is 7.39. The molecule has 0 aliphatic rings. The Morgan fingerprint density at radius 3 is 2.90 bits per heavy atom. The van der Waals surface area contributed by atoms with Crippen molar-refractivity contribution in [3.05, 3.63) is 33.6 Å². The molecule has 0 radical (unpaired) electrons. The summed E-state index contributed by atoms with van der Waals surface area (Å²) in [4.78, 5) is 27.5. The second-order valence-corrected chi connectivity index (χ2v) is 5.66. The molecule has 2 rings (SSSR count). The van der Waals surface area contributed by atoms with Gasteiger partial charge in [-0.15, -0.1) is 11.3 Å². The number of furan rings is 1. The largest absolute Gasteiger partial charge is 0.444 e. The maximum Gasteiger partial charge on any atom is 0.293 e. The Kier molecular flexibility index (Phi) is 5.48. The Bertz CT molecular complexity index is 640. The van der Waals surface area contributed by atoms with Crippen LogP contribution >= 0.6 is 27.3 Å². The third-order valence-electron chi connectivity index (χ3n) is 2.38. The predicted molar refractivity (Wildman–Crippen MR) is 82.2 cm³/mol. The van der Waals surface area contributed by atoms with Gasteiger partial charge in [-0.3, -0.25) is 14.9 Å². The molecule has 0 aromatic carbocycles. The summed E-state index contributed by atoms with van der Waals surface area (Å²) in [6.07, 6.45) is 0.151. The van der Waals surface area contributed by atoms with E-state index in [1.807, 2.05) is 0 Å². The van der Waals surface area contributed by atoms with Crippen LogP contribution in [-0.4, -0.2) is 29.9 Å². The fourth-order valence-corrected chi connectivity index (χ4v) is 2.49. The molecule has 0 saturated carbocycles. The van der Waals surface area contributed by atoms with E-state index in [-0.39, 0.29) is 18.1 Å². The van der Waals surface area contributed by atoms with Crippen LogP contribution in [0.4, 0.5) is 5.13 Å². The van der Waals surface area contributed by atoms with Gasteiger partial charge in [-0.1, -0.05) is 0 Å². The normalized spacial score (nSPS) is 10.4. The van der Waals surface area contributed by atoms with Crippen molar-refractivity contribution < 1.29 is 14.0 Å². The number of carbonyl (C=O) groups excluding carboxylic acids is 2. The fourth-order valence-electron chi connectivity index (χ4n) is 1.48. The van der Waals surface area contributed by atoms with E-state index in [9.17, 15) is 9.59 Å². The third kappa shape index (κ3) is 4.66. The van der Waals surface area contributed by atoms with E-state index in [4.69, 9.17) is 10.2 Å². The molecule has 0 aliphatic carbocycles. The molecule has 2 amide bonds. The van der Waals surface area contributed by atoms with E-state index in [1.165, 1.54) is 11.3 Å². The number of thiazole rings is 1. The highest BCUT2D eigenvalue weighted by Crippen LogP contribution is 2.19. The standard InChI is InChI=1S/C12H13BrN4O3S/c13-9-2-1-8(20-9)11(19)17-12-16-7(6-21-12)5-10(18)15-4-3-14/h1-2,6H,3-5,14H2,(H,15,18)(H,16,17,19). The lowest BCUT2D eigenvalue weighted by molar-refractivity contribution is -0.120. The minimum Gasteiger partial charge on any atom is -0.444 e. The fraction of sp³-hybridized carbons (Fsp3) is 0.250. The number of amides is 2. The number of hydrogen-bond donors (Lipinski definition) is 3. The van der Waals surface area contributed by atoms with Gasteiger partial charge in [-0.2, -0.15) is 0 Å². The van der Waals surface area contributed by atoms with Crippen LogP contribution in [-0.2, 0) is 11.2 Å². The number of rotatable bonds is 6. The van der Waals surface area contributed by atoms with Crippen molar-refractivity contribution in [2.24, 2.45) is 5.73 Å². The van der Waals surface area contributed by atoms with Crippen molar-refractivity contribution in [1.82, 2.24) is 10.3 Å². The number of aromatic nitrogens is 1. The number of halogens is 1. The lowest BCUT2D eigenvalue weighted by Crippen LogP contribution is -2.30. The first kappa shape index (κ1) is 15.7. The smallest absolute Gasteiger partial charge is 0.293 e. The highest BCUT2D eigenvalue weighted by molar-refractivity contribution is 9.10. The molecule has 0 fully saturated rings. The Hall–Kier alpha value is -1.71. The number of carbonyl (C=O) groups is 2. The summed E-state index contributed by atoms with van der Waals surface area (Å²) in [5.74, 6) is -0.368.